The predicted molar refractivity (Wildman–Crippen MR) is 67.4 cm³/mol. The standard InChI is InChI=1S/C13H22N2O/c1-3-16-10-9-15(2)13(11-14)12-7-5-4-6-8-12/h4-8,13H,3,9-11,14H2,1-2H3. The van der Waals surface area contributed by atoms with E-state index in [0.717, 1.165) is 19.8 Å². The van der Waals surface area contributed by atoms with Crippen LogP contribution in [0.4, 0.5) is 0 Å². The van der Waals surface area contributed by atoms with Gasteiger partial charge in [0.25, 0.3) is 0 Å². The third kappa shape index (κ3) is 3.93. The average Bonchev–Trinajstić information content (AvgIpc) is 2.32. The van der Waals surface area contributed by atoms with Gasteiger partial charge in [0.2, 0.25) is 0 Å². The van der Waals surface area contributed by atoms with Crippen molar-refractivity contribution in [3.05, 3.63) is 35.9 Å². The van der Waals surface area contributed by atoms with Gasteiger partial charge in [-0.2, -0.15) is 0 Å². The maximum absolute atomic E-state index is 5.83. The van der Waals surface area contributed by atoms with Gasteiger partial charge < -0.3 is 10.5 Å². The fourth-order valence-corrected chi connectivity index (χ4v) is 1.75. The van der Waals surface area contributed by atoms with Crippen LogP contribution in [-0.4, -0.2) is 38.3 Å². The fourth-order valence-electron chi connectivity index (χ4n) is 1.75. The van der Waals surface area contributed by atoms with E-state index in [0.29, 0.717) is 6.54 Å². The number of likely N-dealkylation sites (N-methyl/N-ethyl adjacent to an activating group) is 1. The molecule has 0 spiro atoms. The highest BCUT2D eigenvalue weighted by Gasteiger charge is 2.14. The number of rotatable bonds is 7. The summed E-state index contributed by atoms with van der Waals surface area (Å²) in [4.78, 5) is 2.24. The largest absolute Gasteiger partial charge is 0.380 e. The molecular weight excluding hydrogens is 200 g/mol. The van der Waals surface area contributed by atoms with Crippen LogP contribution in [0.3, 0.4) is 0 Å². The molecule has 0 aliphatic carbocycles. The van der Waals surface area contributed by atoms with Gasteiger partial charge in [0.15, 0.2) is 0 Å². The van der Waals surface area contributed by atoms with Crippen molar-refractivity contribution in [1.29, 1.82) is 0 Å². The molecule has 0 aliphatic rings. The molecule has 1 atom stereocenters. The van der Waals surface area contributed by atoms with Crippen LogP contribution in [0.2, 0.25) is 0 Å². The third-order valence-corrected chi connectivity index (χ3v) is 2.73. The second-order valence-corrected chi connectivity index (χ2v) is 3.84. The Morgan fingerprint density at radius 2 is 2.00 bits per heavy atom. The summed E-state index contributed by atoms with van der Waals surface area (Å²) in [6.45, 7) is 5.08. The highest BCUT2D eigenvalue weighted by Crippen LogP contribution is 2.17. The normalized spacial score (nSPS) is 13.0. The van der Waals surface area contributed by atoms with Crippen LogP contribution in [0.1, 0.15) is 18.5 Å². The molecule has 90 valence electrons. The molecule has 1 unspecified atom stereocenters. The van der Waals surface area contributed by atoms with E-state index in [1.54, 1.807) is 0 Å². The Morgan fingerprint density at radius 3 is 2.56 bits per heavy atom. The third-order valence-electron chi connectivity index (χ3n) is 2.73. The summed E-state index contributed by atoms with van der Waals surface area (Å²) in [7, 11) is 2.09. The highest BCUT2D eigenvalue weighted by atomic mass is 16.5. The molecular formula is C13H22N2O. The molecule has 3 nitrogen and oxygen atoms in total. The Hall–Kier alpha value is -0.900. The van der Waals surface area contributed by atoms with Gasteiger partial charge in [-0.25, -0.2) is 0 Å². The maximum atomic E-state index is 5.83. The summed E-state index contributed by atoms with van der Waals surface area (Å²) >= 11 is 0. The molecule has 0 radical (unpaired) electrons. The zero-order valence-corrected chi connectivity index (χ0v) is 10.2. The zero-order valence-electron chi connectivity index (χ0n) is 10.2. The number of ether oxygens (including phenoxy) is 1. The second kappa shape index (κ2) is 7.39. The van der Waals surface area contributed by atoms with Gasteiger partial charge in [-0.05, 0) is 19.5 Å². The van der Waals surface area contributed by atoms with Crippen LogP contribution in [0.15, 0.2) is 30.3 Å². The summed E-state index contributed by atoms with van der Waals surface area (Å²) < 4.78 is 5.35. The molecule has 2 N–H and O–H groups in total. The van der Waals surface area contributed by atoms with Gasteiger partial charge in [0.1, 0.15) is 0 Å². The first-order valence-corrected chi connectivity index (χ1v) is 5.82. The molecule has 0 heterocycles. The van der Waals surface area contributed by atoms with Crippen molar-refractivity contribution in [3.8, 4) is 0 Å². The lowest BCUT2D eigenvalue weighted by Crippen LogP contribution is -2.33. The predicted octanol–water partition coefficient (Wildman–Crippen LogP) is 1.65. The first-order valence-electron chi connectivity index (χ1n) is 5.82. The molecule has 1 aromatic carbocycles. The molecule has 3 heteroatoms. The van der Waals surface area contributed by atoms with E-state index in [1.807, 2.05) is 25.1 Å². The van der Waals surface area contributed by atoms with E-state index in [2.05, 4.69) is 24.1 Å². The van der Waals surface area contributed by atoms with E-state index in [1.165, 1.54) is 5.56 Å². The van der Waals surface area contributed by atoms with Gasteiger partial charge in [0.05, 0.1) is 6.61 Å². The van der Waals surface area contributed by atoms with E-state index in [-0.39, 0.29) is 6.04 Å². The fraction of sp³-hybridized carbons (Fsp3) is 0.538. The summed E-state index contributed by atoms with van der Waals surface area (Å²) in [5.41, 5.74) is 7.10. The summed E-state index contributed by atoms with van der Waals surface area (Å²) in [6, 6.07) is 10.6. The van der Waals surface area contributed by atoms with E-state index >= 15 is 0 Å². The molecule has 1 aromatic rings. The molecule has 1 rings (SSSR count). The molecule has 0 amide bonds. The molecule has 0 fully saturated rings. The van der Waals surface area contributed by atoms with Crippen molar-refractivity contribution in [2.45, 2.75) is 13.0 Å². The number of nitrogens with zero attached hydrogens (tertiary/aromatic N) is 1. The second-order valence-electron chi connectivity index (χ2n) is 3.84. The number of hydrogen-bond donors (Lipinski definition) is 1. The Bertz CT molecular complexity index is 277. The van der Waals surface area contributed by atoms with Crippen LogP contribution in [0.5, 0.6) is 0 Å². The molecule has 0 bridgehead atoms. The molecule has 0 saturated carbocycles. The minimum atomic E-state index is 0.279. The average molecular weight is 222 g/mol. The first-order chi connectivity index (χ1) is 7.79. The van der Waals surface area contributed by atoms with Gasteiger partial charge in [-0.3, -0.25) is 4.90 Å². The van der Waals surface area contributed by atoms with Crippen molar-refractivity contribution in [2.75, 3.05) is 33.4 Å². The number of hydrogen-bond acceptors (Lipinski definition) is 3. The van der Waals surface area contributed by atoms with Crippen molar-refractivity contribution >= 4 is 0 Å². The highest BCUT2D eigenvalue weighted by molar-refractivity contribution is 5.19. The molecule has 0 aliphatic heterocycles. The van der Waals surface area contributed by atoms with Crippen molar-refractivity contribution < 1.29 is 4.74 Å². The van der Waals surface area contributed by atoms with Crippen LogP contribution < -0.4 is 5.73 Å². The topological polar surface area (TPSA) is 38.5 Å². The van der Waals surface area contributed by atoms with E-state index in [4.69, 9.17) is 10.5 Å². The van der Waals surface area contributed by atoms with Crippen molar-refractivity contribution in [3.63, 3.8) is 0 Å². The summed E-state index contributed by atoms with van der Waals surface area (Å²) in [5.74, 6) is 0. The maximum Gasteiger partial charge on any atom is 0.0593 e. The Balaban J connectivity index is 2.53. The Kier molecular flexibility index (Phi) is 6.08. The number of nitrogens with two attached hydrogens (primary N) is 1. The van der Waals surface area contributed by atoms with Crippen LogP contribution in [0.25, 0.3) is 0 Å². The van der Waals surface area contributed by atoms with Crippen molar-refractivity contribution in [2.24, 2.45) is 5.73 Å². The lowest BCUT2D eigenvalue weighted by Gasteiger charge is -2.27. The van der Waals surface area contributed by atoms with Gasteiger partial charge in [-0.1, -0.05) is 30.3 Å². The molecule has 0 saturated heterocycles. The Morgan fingerprint density at radius 1 is 1.31 bits per heavy atom. The zero-order chi connectivity index (χ0) is 11.8. The lowest BCUT2D eigenvalue weighted by molar-refractivity contribution is 0.108. The first kappa shape index (κ1) is 13.2. The molecule has 0 aromatic heterocycles. The van der Waals surface area contributed by atoms with Gasteiger partial charge >= 0.3 is 0 Å². The lowest BCUT2D eigenvalue weighted by atomic mass is 10.1. The van der Waals surface area contributed by atoms with Gasteiger partial charge in [0, 0.05) is 25.7 Å². The summed E-state index contributed by atoms with van der Waals surface area (Å²) in [5, 5.41) is 0. The Labute approximate surface area is 98.2 Å². The summed E-state index contributed by atoms with van der Waals surface area (Å²) in [6.07, 6.45) is 0. The minimum absolute atomic E-state index is 0.279. The van der Waals surface area contributed by atoms with Crippen LogP contribution >= 0.6 is 0 Å². The van der Waals surface area contributed by atoms with E-state index in [9.17, 15) is 0 Å². The molecule has 16 heavy (non-hydrogen) atoms. The minimum Gasteiger partial charge on any atom is -0.380 e. The number of benzene rings is 1. The smallest absolute Gasteiger partial charge is 0.0593 e. The van der Waals surface area contributed by atoms with Gasteiger partial charge in [-0.15, -0.1) is 0 Å². The van der Waals surface area contributed by atoms with Crippen LogP contribution in [-0.2, 0) is 4.74 Å². The quantitative estimate of drug-likeness (QED) is 0.713. The van der Waals surface area contributed by atoms with Crippen molar-refractivity contribution in [1.82, 2.24) is 4.90 Å². The monoisotopic (exact) mass is 222 g/mol. The van der Waals surface area contributed by atoms with Crippen LogP contribution in [0, 0.1) is 0 Å². The van der Waals surface area contributed by atoms with E-state index < -0.39 is 0 Å². The SMILES string of the molecule is CCOCCN(C)C(CN)c1ccccc1.